The van der Waals surface area contributed by atoms with E-state index in [9.17, 15) is 0 Å². The summed E-state index contributed by atoms with van der Waals surface area (Å²) in [5, 5.41) is 0. The average molecular weight is 157 g/mol. The van der Waals surface area contributed by atoms with Gasteiger partial charge in [-0.05, 0) is 0 Å². The van der Waals surface area contributed by atoms with Crippen LogP contribution in [-0.4, -0.2) is 70.1 Å². The number of rotatable bonds is 0. The van der Waals surface area contributed by atoms with Crippen molar-refractivity contribution in [1.82, 2.24) is 0 Å². The molecule has 6 heavy (non-hydrogen) atoms. The van der Waals surface area contributed by atoms with Crippen LogP contribution in [0.2, 0.25) is 0 Å². The van der Waals surface area contributed by atoms with Gasteiger partial charge >= 0.3 is 59.1 Å². The van der Waals surface area contributed by atoms with E-state index in [0.717, 1.165) is 0 Å². The molecule has 0 atom stereocenters. The maximum atomic E-state index is 0. The van der Waals surface area contributed by atoms with E-state index >= 15 is 0 Å². The molecule has 36 valence electrons. The second kappa shape index (κ2) is 50.7. The predicted octanol–water partition coefficient (Wildman–Crippen LogP) is -2.10. The molecule has 0 spiro atoms. The maximum absolute atomic E-state index is 0. The van der Waals surface area contributed by atoms with Crippen LogP contribution in [0.4, 0.5) is 0 Å². The van der Waals surface area contributed by atoms with Crippen molar-refractivity contribution in [1.29, 1.82) is 0 Å². The van der Waals surface area contributed by atoms with Crippen molar-refractivity contribution in [3.05, 3.63) is 0 Å². The van der Waals surface area contributed by atoms with Crippen molar-refractivity contribution in [2.45, 2.75) is 0 Å². The molecule has 0 amide bonds. The summed E-state index contributed by atoms with van der Waals surface area (Å²) in [6, 6.07) is 0. The number of hydrogen-bond donors (Lipinski definition) is 0. The fourth-order valence-corrected chi connectivity index (χ4v) is 0. The molecule has 0 fully saturated rings. The van der Waals surface area contributed by atoms with Crippen molar-refractivity contribution in [3.8, 4) is 0 Å². The van der Waals surface area contributed by atoms with Gasteiger partial charge in [0, 0.05) is 0 Å². The minimum atomic E-state index is 0. The standard InChI is InChI=1S/2ClH.2Na.2H2O.2H/h2*1H;;;2*1H2;;. The van der Waals surface area contributed by atoms with Crippen LogP contribution in [0.1, 0.15) is 0 Å². The fourth-order valence-electron chi connectivity index (χ4n) is 0. The molecule has 0 aliphatic carbocycles. The van der Waals surface area contributed by atoms with Crippen LogP contribution < -0.4 is 0 Å². The zero-order chi connectivity index (χ0) is 0. The molecule has 6 heteroatoms. The quantitative estimate of drug-likeness (QED) is 0.361. The molecule has 0 heterocycles. The van der Waals surface area contributed by atoms with E-state index < -0.39 is 0 Å². The van der Waals surface area contributed by atoms with Gasteiger partial charge in [-0.3, -0.25) is 0 Å². The Morgan fingerprint density at radius 3 is 0.500 bits per heavy atom. The van der Waals surface area contributed by atoms with Crippen LogP contribution >= 0.6 is 24.8 Å². The molecule has 0 unspecified atom stereocenters. The molecule has 0 radical (unpaired) electrons. The first-order valence-corrected chi connectivity index (χ1v) is 0. The third-order valence-corrected chi connectivity index (χ3v) is 0. The summed E-state index contributed by atoms with van der Waals surface area (Å²) in [6.07, 6.45) is 0. The molecule has 0 bridgehead atoms. The van der Waals surface area contributed by atoms with E-state index in [0.29, 0.717) is 0 Å². The third kappa shape index (κ3) is 31.5. The van der Waals surface area contributed by atoms with Gasteiger partial charge in [0.2, 0.25) is 0 Å². The first kappa shape index (κ1) is 76.5. The van der Waals surface area contributed by atoms with Gasteiger partial charge in [-0.15, -0.1) is 24.8 Å². The van der Waals surface area contributed by atoms with Crippen LogP contribution in [0, 0.1) is 0 Å². The van der Waals surface area contributed by atoms with Crippen molar-refractivity contribution < 1.29 is 11.0 Å². The zero-order valence-electron chi connectivity index (χ0n) is 1.82. The fraction of sp³-hybridized carbons (Fsp3) is 0. The third-order valence-electron chi connectivity index (χ3n) is 0. The molecule has 0 aliphatic heterocycles. The Bertz CT molecular complexity index is 9.51. The van der Waals surface area contributed by atoms with Crippen LogP contribution in [-0.2, 0) is 0 Å². The summed E-state index contributed by atoms with van der Waals surface area (Å²) >= 11 is 0. The average Bonchev–Trinajstić information content (AvgIpc) is 0. The summed E-state index contributed by atoms with van der Waals surface area (Å²) < 4.78 is 0. The Hall–Kier alpha value is 2.50. The van der Waals surface area contributed by atoms with Crippen LogP contribution in [0.3, 0.4) is 0 Å². The monoisotopic (exact) mass is 156 g/mol. The minimum absolute atomic E-state index is 0. The Morgan fingerprint density at radius 1 is 0.500 bits per heavy atom. The van der Waals surface area contributed by atoms with E-state index in [1.54, 1.807) is 0 Å². The van der Waals surface area contributed by atoms with Crippen molar-refractivity contribution >= 4 is 83.9 Å². The van der Waals surface area contributed by atoms with Gasteiger partial charge in [0.1, 0.15) is 0 Å². The van der Waals surface area contributed by atoms with Crippen molar-refractivity contribution in [2.24, 2.45) is 0 Å². The summed E-state index contributed by atoms with van der Waals surface area (Å²) in [7, 11) is 0. The molecule has 0 aromatic heterocycles. The van der Waals surface area contributed by atoms with Crippen LogP contribution in [0.5, 0.6) is 0 Å². The molecule has 0 saturated heterocycles. The summed E-state index contributed by atoms with van der Waals surface area (Å²) in [6.45, 7) is 0. The first-order chi connectivity index (χ1) is 0. The van der Waals surface area contributed by atoms with E-state index in [2.05, 4.69) is 0 Å². The molecular weight excluding hydrogens is 149 g/mol. The molecule has 2 nitrogen and oxygen atoms in total. The molecule has 4 N–H and O–H groups in total. The van der Waals surface area contributed by atoms with Gasteiger partial charge in [0.05, 0.1) is 0 Å². The van der Waals surface area contributed by atoms with Crippen molar-refractivity contribution in [3.63, 3.8) is 0 Å². The molecule has 0 rings (SSSR count). The van der Waals surface area contributed by atoms with E-state index in [1.807, 2.05) is 0 Å². The molecule has 0 aliphatic rings. The van der Waals surface area contributed by atoms with E-state index in [-0.39, 0.29) is 94.9 Å². The Balaban J connectivity index is 0. The van der Waals surface area contributed by atoms with E-state index in [4.69, 9.17) is 0 Å². The summed E-state index contributed by atoms with van der Waals surface area (Å²) in [5.74, 6) is 0. The second-order valence-electron chi connectivity index (χ2n) is 0. The summed E-state index contributed by atoms with van der Waals surface area (Å²) in [4.78, 5) is 0. The zero-order valence-corrected chi connectivity index (χ0v) is 3.45. The van der Waals surface area contributed by atoms with Gasteiger partial charge in [-0.25, -0.2) is 0 Å². The van der Waals surface area contributed by atoms with Gasteiger partial charge in [-0.2, -0.15) is 0 Å². The second-order valence-corrected chi connectivity index (χ2v) is 0. The van der Waals surface area contributed by atoms with Crippen LogP contribution in [0.15, 0.2) is 0 Å². The molecule has 0 aromatic rings. The predicted molar refractivity (Wildman–Crippen MR) is 36.0 cm³/mol. The van der Waals surface area contributed by atoms with Gasteiger partial charge in [0.25, 0.3) is 0 Å². The Morgan fingerprint density at radius 2 is 0.500 bits per heavy atom. The van der Waals surface area contributed by atoms with E-state index in [1.165, 1.54) is 0 Å². The first-order valence-electron chi connectivity index (χ1n) is 0. The van der Waals surface area contributed by atoms with Crippen LogP contribution in [0.25, 0.3) is 0 Å². The topological polar surface area (TPSA) is 63.0 Å². The van der Waals surface area contributed by atoms with Gasteiger partial charge < -0.3 is 11.0 Å². The van der Waals surface area contributed by atoms with Crippen molar-refractivity contribution in [2.75, 3.05) is 0 Å². The number of halogens is 2. The number of hydrogen-bond acceptors (Lipinski definition) is 0. The van der Waals surface area contributed by atoms with Gasteiger partial charge in [0.15, 0.2) is 0 Å². The Labute approximate surface area is 93.5 Å². The SMILES string of the molecule is Cl.Cl.O.O.[NaH].[NaH]. The molecule has 0 aromatic carbocycles. The molecular formula is H8Cl2Na2O2. The Kier molecular flexibility index (Phi) is 646. The molecule has 0 saturated carbocycles. The van der Waals surface area contributed by atoms with Gasteiger partial charge in [-0.1, -0.05) is 0 Å². The summed E-state index contributed by atoms with van der Waals surface area (Å²) in [5.41, 5.74) is 0. The normalized spacial score (nSPS) is 0.